The Kier molecular flexibility index (Phi) is 4.81. The van der Waals surface area contributed by atoms with Crippen LogP contribution in [0.25, 0.3) is 0 Å². The number of amides is 1. The third kappa shape index (κ3) is 3.34. The standard InChI is InChI=1S/C17H23N3O/c1-4-20-12(2)10-15(13(20)3)17(21)19-11-16(18)14-8-6-5-7-9-14/h5-10,16H,4,11,18H2,1-3H3,(H,19,21). The topological polar surface area (TPSA) is 60.0 Å². The highest BCUT2D eigenvalue weighted by Gasteiger charge is 2.15. The van der Waals surface area contributed by atoms with Gasteiger partial charge in [-0.1, -0.05) is 30.3 Å². The molecule has 1 aromatic carbocycles. The normalized spacial score (nSPS) is 12.2. The molecule has 1 aromatic heterocycles. The molecule has 0 aliphatic rings. The highest BCUT2D eigenvalue weighted by atomic mass is 16.1. The van der Waals surface area contributed by atoms with Crippen molar-refractivity contribution in [2.45, 2.75) is 33.4 Å². The van der Waals surface area contributed by atoms with Crippen LogP contribution in [-0.2, 0) is 6.54 Å². The van der Waals surface area contributed by atoms with Crippen LogP contribution >= 0.6 is 0 Å². The van der Waals surface area contributed by atoms with Gasteiger partial charge in [-0.2, -0.15) is 0 Å². The lowest BCUT2D eigenvalue weighted by Gasteiger charge is -2.13. The van der Waals surface area contributed by atoms with E-state index in [1.54, 1.807) is 0 Å². The molecule has 0 saturated heterocycles. The van der Waals surface area contributed by atoms with Gasteiger partial charge < -0.3 is 15.6 Å². The summed E-state index contributed by atoms with van der Waals surface area (Å²) in [5, 5.41) is 2.93. The van der Waals surface area contributed by atoms with E-state index in [0.29, 0.717) is 6.54 Å². The minimum Gasteiger partial charge on any atom is -0.350 e. The fourth-order valence-corrected chi connectivity index (χ4v) is 2.63. The van der Waals surface area contributed by atoms with Crippen molar-refractivity contribution in [1.82, 2.24) is 9.88 Å². The molecular formula is C17H23N3O. The number of aromatic nitrogens is 1. The Hall–Kier alpha value is -2.07. The van der Waals surface area contributed by atoms with Gasteiger partial charge in [0.25, 0.3) is 5.91 Å². The van der Waals surface area contributed by atoms with Gasteiger partial charge in [-0.3, -0.25) is 4.79 Å². The first-order valence-corrected chi connectivity index (χ1v) is 7.30. The number of nitrogens with one attached hydrogen (secondary N) is 1. The molecule has 0 aliphatic carbocycles. The van der Waals surface area contributed by atoms with E-state index in [1.165, 1.54) is 0 Å². The van der Waals surface area contributed by atoms with Crippen molar-refractivity contribution in [2.75, 3.05) is 6.54 Å². The molecule has 1 unspecified atom stereocenters. The molecule has 0 spiro atoms. The second-order valence-corrected chi connectivity index (χ2v) is 5.26. The summed E-state index contributed by atoms with van der Waals surface area (Å²) in [6.07, 6.45) is 0. The maximum absolute atomic E-state index is 12.3. The molecule has 112 valence electrons. The van der Waals surface area contributed by atoms with Gasteiger partial charge in [0.1, 0.15) is 0 Å². The van der Waals surface area contributed by atoms with Crippen LogP contribution in [0.4, 0.5) is 0 Å². The molecule has 3 N–H and O–H groups in total. The highest BCUT2D eigenvalue weighted by molar-refractivity contribution is 5.95. The molecule has 4 nitrogen and oxygen atoms in total. The fourth-order valence-electron chi connectivity index (χ4n) is 2.63. The van der Waals surface area contributed by atoms with Crippen molar-refractivity contribution in [2.24, 2.45) is 5.73 Å². The average molecular weight is 285 g/mol. The summed E-state index contributed by atoms with van der Waals surface area (Å²) < 4.78 is 2.13. The number of carbonyl (C=O) groups excluding carboxylic acids is 1. The van der Waals surface area contributed by atoms with Crippen LogP contribution in [0.1, 0.15) is 40.3 Å². The predicted octanol–water partition coefficient (Wildman–Crippen LogP) is 2.55. The molecule has 0 bridgehead atoms. The van der Waals surface area contributed by atoms with Crippen molar-refractivity contribution in [1.29, 1.82) is 0 Å². The van der Waals surface area contributed by atoms with E-state index in [0.717, 1.165) is 29.1 Å². The minimum absolute atomic E-state index is 0.0609. The third-order valence-electron chi connectivity index (χ3n) is 3.84. The summed E-state index contributed by atoms with van der Waals surface area (Å²) in [5.74, 6) is -0.0609. The Morgan fingerprint density at radius 3 is 2.52 bits per heavy atom. The quantitative estimate of drug-likeness (QED) is 0.887. The molecule has 1 atom stereocenters. The molecular weight excluding hydrogens is 262 g/mol. The average Bonchev–Trinajstić information content (AvgIpc) is 2.79. The number of nitrogens with zero attached hydrogens (tertiary/aromatic N) is 1. The first-order chi connectivity index (χ1) is 10.0. The Labute approximate surface area is 126 Å². The van der Waals surface area contributed by atoms with E-state index in [-0.39, 0.29) is 11.9 Å². The van der Waals surface area contributed by atoms with Crippen LogP contribution in [0, 0.1) is 13.8 Å². The smallest absolute Gasteiger partial charge is 0.253 e. The first-order valence-electron chi connectivity index (χ1n) is 7.30. The lowest BCUT2D eigenvalue weighted by Crippen LogP contribution is -2.32. The molecule has 0 saturated carbocycles. The molecule has 2 rings (SSSR count). The van der Waals surface area contributed by atoms with Gasteiger partial charge in [0.2, 0.25) is 0 Å². The van der Waals surface area contributed by atoms with Crippen LogP contribution in [0.5, 0.6) is 0 Å². The number of rotatable bonds is 5. The molecule has 0 fully saturated rings. The number of hydrogen-bond acceptors (Lipinski definition) is 2. The number of hydrogen-bond donors (Lipinski definition) is 2. The largest absolute Gasteiger partial charge is 0.350 e. The molecule has 1 heterocycles. The van der Waals surface area contributed by atoms with Crippen LogP contribution in [0.3, 0.4) is 0 Å². The van der Waals surface area contributed by atoms with E-state index in [2.05, 4.69) is 16.8 Å². The summed E-state index contributed by atoms with van der Waals surface area (Å²) in [6, 6.07) is 11.5. The van der Waals surface area contributed by atoms with Gasteiger partial charge in [-0.15, -0.1) is 0 Å². The lowest BCUT2D eigenvalue weighted by atomic mass is 10.1. The lowest BCUT2D eigenvalue weighted by molar-refractivity contribution is 0.0950. The maximum atomic E-state index is 12.3. The number of carbonyl (C=O) groups is 1. The SMILES string of the molecule is CCn1c(C)cc(C(=O)NCC(N)c2ccccc2)c1C. The minimum atomic E-state index is -0.190. The highest BCUT2D eigenvalue weighted by Crippen LogP contribution is 2.15. The first kappa shape index (κ1) is 15.3. The summed E-state index contributed by atoms with van der Waals surface area (Å²) in [6.45, 7) is 7.37. The van der Waals surface area contributed by atoms with Crippen molar-refractivity contribution in [3.63, 3.8) is 0 Å². The monoisotopic (exact) mass is 285 g/mol. The van der Waals surface area contributed by atoms with Crippen LogP contribution < -0.4 is 11.1 Å². The summed E-state index contributed by atoms with van der Waals surface area (Å²) in [5.41, 5.74) is 9.96. The van der Waals surface area contributed by atoms with Crippen LogP contribution in [0.2, 0.25) is 0 Å². The number of nitrogens with two attached hydrogens (primary N) is 1. The Bertz CT molecular complexity index is 616. The molecule has 0 aliphatic heterocycles. The molecule has 1 amide bonds. The maximum Gasteiger partial charge on any atom is 0.253 e. The number of benzene rings is 1. The zero-order valence-electron chi connectivity index (χ0n) is 12.9. The second-order valence-electron chi connectivity index (χ2n) is 5.26. The van der Waals surface area contributed by atoms with E-state index in [1.807, 2.05) is 50.2 Å². The zero-order valence-corrected chi connectivity index (χ0v) is 12.9. The van der Waals surface area contributed by atoms with Crippen LogP contribution in [0.15, 0.2) is 36.4 Å². The Morgan fingerprint density at radius 1 is 1.29 bits per heavy atom. The molecule has 4 heteroatoms. The predicted molar refractivity (Wildman–Crippen MR) is 85.3 cm³/mol. The second kappa shape index (κ2) is 6.59. The van der Waals surface area contributed by atoms with Crippen molar-refractivity contribution < 1.29 is 4.79 Å². The van der Waals surface area contributed by atoms with E-state index >= 15 is 0 Å². The van der Waals surface area contributed by atoms with E-state index in [9.17, 15) is 4.79 Å². The summed E-state index contributed by atoms with van der Waals surface area (Å²) >= 11 is 0. The zero-order chi connectivity index (χ0) is 15.4. The molecule has 0 radical (unpaired) electrons. The van der Waals surface area contributed by atoms with Gasteiger partial charge in [-0.05, 0) is 32.4 Å². The molecule has 21 heavy (non-hydrogen) atoms. The van der Waals surface area contributed by atoms with Crippen molar-refractivity contribution in [3.05, 3.63) is 58.9 Å². The summed E-state index contributed by atoms with van der Waals surface area (Å²) in [7, 11) is 0. The van der Waals surface area contributed by atoms with Gasteiger partial charge >= 0.3 is 0 Å². The van der Waals surface area contributed by atoms with Gasteiger partial charge in [-0.25, -0.2) is 0 Å². The fraction of sp³-hybridized carbons (Fsp3) is 0.353. The van der Waals surface area contributed by atoms with Crippen molar-refractivity contribution in [3.8, 4) is 0 Å². The number of aryl methyl sites for hydroxylation is 1. The van der Waals surface area contributed by atoms with Crippen molar-refractivity contribution >= 4 is 5.91 Å². The third-order valence-corrected chi connectivity index (χ3v) is 3.84. The Morgan fingerprint density at radius 2 is 1.95 bits per heavy atom. The van der Waals surface area contributed by atoms with Gasteiger partial charge in [0, 0.05) is 30.5 Å². The van der Waals surface area contributed by atoms with Gasteiger partial charge in [0.05, 0.1) is 5.56 Å². The van der Waals surface area contributed by atoms with E-state index < -0.39 is 0 Å². The van der Waals surface area contributed by atoms with Crippen LogP contribution in [-0.4, -0.2) is 17.0 Å². The van der Waals surface area contributed by atoms with E-state index in [4.69, 9.17) is 5.73 Å². The summed E-state index contributed by atoms with van der Waals surface area (Å²) in [4.78, 5) is 12.3. The Balaban J connectivity index is 2.02. The van der Waals surface area contributed by atoms with Gasteiger partial charge in [0.15, 0.2) is 0 Å². The molecule has 2 aromatic rings.